The predicted molar refractivity (Wildman–Crippen MR) is 87.0 cm³/mol. The van der Waals surface area contributed by atoms with Crippen molar-refractivity contribution in [2.45, 2.75) is 6.92 Å². The molecular weight excluding hydrogens is 341 g/mol. The van der Waals surface area contributed by atoms with Crippen LogP contribution in [0.15, 0.2) is 24.3 Å². The van der Waals surface area contributed by atoms with E-state index >= 15 is 0 Å². The number of hydrogen-bond acceptors (Lipinski definition) is 4. The fraction of sp³-hybridized carbons (Fsp3) is 0.125. The molecule has 3 rings (SSSR count). The Morgan fingerprint density at radius 2 is 2.00 bits per heavy atom. The van der Waals surface area contributed by atoms with Crippen LogP contribution in [0.2, 0.25) is 10.0 Å². The second-order valence-electron chi connectivity index (χ2n) is 4.92. The Hall–Kier alpha value is -2.24. The van der Waals surface area contributed by atoms with Crippen LogP contribution in [-0.4, -0.2) is 19.0 Å². The van der Waals surface area contributed by atoms with E-state index in [0.29, 0.717) is 27.1 Å². The highest BCUT2D eigenvalue weighted by Crippen LogP contribution is 2.43. The maximum Gasteiger partial charge on any atom is 0.340 e. The smallest absolute Gasteiger partial charge is 0.340 e. The Morgan fingerprint density at radius 3 is 2.70 bits per heavy atom. The van der Waals surface area contributed by atoms with Gasteiger partial charge >= 0.3 is 5.97 Å². The van der Waals surface area contributed by atoms with E-state index in [1.165, 1.54) is 19.2 Å². The van der Waals surface area contributed by atoms with Crippen LogP contribution >= 0.6 is 23.2 Å². The first-order valence-corrected chi connectivity index (χ1v) is 7.38. The monoisotopic (exact) mass is 351 g/mol. The average molecular weight is 352 g/mol. The number of benzene rings is 2. The third-order valence-corrected chi connectivity index (χ3v) is 4.14. The summed E-state index contributed by atoms with van der Waals surface area (Å²) in [6.07, 6.45) is 0. The van der Waals surface area contributed by atoms with Gasteiger partial charge in [-0.15, -0.1) is 0 Å². The average Bonchev–Trinajstić information content (AvgIpc) is 2.67. The van der Waals surface area contributed by atoms with Crippen molar-refractivity contribution in [3.8, 4) is 11.5 Å². The summed E-state index contributed by atoms with van der Waals surface area (Å²) in [4.78, 5) is 24.4. The van der Waals surface area contributed by atoms with Crippen molar-refractivity contribution in [3.63, 3.8) is 0 Å². The molecule has 0 spiro atoms. The number of anilines is 1. The molecule has 7 heteroatoms. The van der Waals surface area contributed by atoms with Crippen molar-refractivity contribution in [2.75, 3.05) is 12.4 Å². The standard InChI is InChI=1S/C16H11Cl2NO4/c1-7-11(18)6-10(16(21)22-2)13-14(7)23-12-4-3-8(17)5-9(12)15(20)19-13/h3-6H,1-2H3,(H,19,20). The summed E-state index contributed by atoms with van der Waals surface area (Å²) in [5.41, 5.74) is 1.19. The zero-order chi connectivity index (χ0) is 16.7. The molecule has 0 aromatic heterocycles. The minimum absolute atomic E-state index is 0.116. The summed E-state index contributed by atoms with van der Waals surface area (Å²) in [5.74, 6) is -0.441. The van der Waals surface area contributed by atoms with Gasteiger partial charge in [-0.3, -0.25) is 4.79 Å². The van der Waals surface area contributed by atoms with Gasteiger partial charge in [-0.1, -0.05) is 23.2 Å². The van der Waals surface area contributed by atoms with E-state index in [1.54, 1.807) is 19.1 Å². The van der Waals surface area contributed by atoms with Gasteiger partial charge in [-0.25, -0.2) is 4.79 Å². The number of ether oxygens (including phenoxy) is 2. The fourth-order valence-electron chi connectivity index (χ4n) is 2.31. The first-order chi connectivity index (χ1) is 10.9. The molecule has 1 N–H and O–H groups in total. The van der Waals surface area contributed by atoms with Gasteiger partial charge in [0.15, 0.2) is 5.75 Å². The summed E-state index contributed by atoms with van der Waals surface area (Å²) in [7, 11) is 1.25. The molecule has 1 aliphatic heterocycles. The maximum absolute atomic E-state index is 12.4. The van der Waals surface area contributed by atoms with Gasteiger partial charge in [-0.2, -0.15) is 0 Å². The lowest BCUT2D eigenvalue weighted by Crippen LogP contribution is -2.14. The van der Waals surface area contributed by atoms with Gasteiger partial charge in [0, 0.05) is 15.6 Å². The first-order valence-electron chi connectivity index (χ1n) is 6.62. The molecule has 23 heavy (non-hydrogen) atoms. The Labute approximate surface area is 142 Å². The third-order valence-electron chi connectivity index (χ3n) is 3.51. The van der Waals surface area contributed by atoms with Crippen LogP contribution < -0.4 is 10.1 Å². The molecule has 0 aliphatic carbocycles. The van der Waals surface area contributed by atoms with E-state index in [0.717, 1.165) is 0 Å². The minimum Gasteiger partial charge on any atom is -0.465 e. The van der Waals surface area contributed by atoms with Crippen molar-refractivity contribution >= 4 is 40.8 Å². The number of halogens is 2. The second kappa shape index (κ2) is 5.76. The van der Waals surface area contributed by atoms with Crippen molar-refractivity contribution < 1.29 is 19.1 Å². The number of methoxy groups -OCH3 is 1. The quantitative estimate of drug-likeness (QED) is 0.771. The van der Waals surface area contributed by atoms with Crippen LogP contribution in [-0.2, 0) is 4.74 Å². The topological polar surface area (TPSA) is 64.6 Å². The second-order valence-corrected chi connectivity index (χ2v) is 5.77. The lowest BCUT2D eigenvalue weighted by atomic mass is 10.1. The molecule has 1 amide bonds. The van der Waals surface area contributed by atoms with E-state index in [9.17, 15) is 9.59 Å². The van der Waals surface area contributed by atoms with Crippen molar-refractivity contribution in [3.05, 3.63) is 51.0 Å². The zero-order valence-corrected chi connectivity index (χ0v) is 13.7. The largest absolute Gasteiger partial charge is 0.465 e. The Morgan fingerprint density at radius 1 is 1.26 bits per heavy atom. The number of carbonyl (C=O) groups excluding carboxylic acids is 2. The predicted octanol–water partition coefficient (Wildman–Crippen LogP) is 4.45. The highest BCUT2D eigenvalue weighted by Gasteiger charge is 2.28. The van der Waals surface area contributed by atoms with Gasteiger partial charge in [0.25, 0.3) is 5.91 Å². The molecule has 0 radical (unpaired) electrons. The Balaban J connectivity index is 2.26. The molecule has 118 valence electrons. The summed E-state index contributed by atoms with van der Waals surface area (Å²) in [5, 5.41) is 3.40. The molecule has 2 aromatic carbocycles. The highest BCUT2D eigenvalue weighted by molar-refractivity contribution is 6.32. The zero-order valence-electron chi connectivity index (χ0n) is 12.2. The Kier molecular flexibility index (Phi) is 3.92. The van der Waals surface area contributed by atoms with E-state index in [1.807, 2.05) is 0 Å². The van der Waals surface area contributed by atoms with Crippen LogP contribution in [0.3, 0.4) is 0 Å². The van der Waals surface area contributed by atoms with Crippen LogP contribution in [0.1, 0.15) is 26.3 Å². The number of nitrogens with one attached hydrogen (secondary N) is 1. The van der Waals surface area contributed by atoms with Crippen LogP contribution in [0.4, 0.5) is 5.69 Å². The molecule has 0 fully saturated rings. The van der Waals surface area contributed by atoms with E-state index < -0.39 is 11.9 Å². The molecule has 0 atom stereocenters. The van der Waals surface area contributed by atoms with Crippen LogP contribution in [0.25, 0.3) is 0 Å². The highest BCUT2D eigenvalue weighted by atomic mass is 35.5. The number of fused-ring (bicyclic) bond motifs is 2. The molecule has 0 saturated heterocycles. The van der Waals surface area contributed by atoms with E-state index in [2.05, 4.69) is 5.32 Å². The lowest BCUT2D eigenvalue weighted by Gasteiger charge is -2.15. The van der Waals surface area contributed by atoms with Gasteiger partial charge < -0.3 is 14.8 Å². The maximum atomic E-state index is 12.4. The number of amides is 1. The number of esters is 1. The fourth-order valence-corrected chi connectivity index (χ4v) is 2.67. The molecule has 1 aliphatic rings. The summed E-state index contributed by atoms with van der Waals surface area (Å²) < 4.78 is 10.6. The molecule has 5 nitrogen and oxygen atoms in total. The van der Waals surface area contributed by atoms with E-state index in [4.69, 9.17) is 32.7 Å². The molecule has 0 bridgehead atoms. The molecule has 2 aromatic rings. The molecule has 0 saturated carbocycles. The molecular formula is C16H11Cl2NO4. The normalized spacial score (nSPS) is 12.4. The van der Waals surface area contributed by atoms with Crippen molar-refractivity contribution in [1.29, 1.82) is 0 Å². The molecule has 0 unspecified atom stereocenters. The first kappa shape index (κ1) is 15.6. The third kappa shape index (κ3) is 2.62. The Bertz CT molecular complexity index is 848. The number of hydrogen-bond donors (Lipinski definition) is 1. The lowest BCUT2D eigenvalue weighted by molar-refractivity contribution is 0.0601. The molecule has 1 heterocycles. The van der Waals surface area contributed by atoms with Crippen molar-refractivity contribution in [2.24, 2.45) is 0 Å². The van der Waals surface area contributed by atoms with Crippen LogP contribution in [0, 0.1) is 6.92 Å². The van der Waals surface area contributed by atoms with Crippen LogP contribution in [0.5, 0.6) is 11.5 Å². The summed E-state index contributed by atoms with van der Waals surface area (Å²) in [6.45, 7) is 1.73. The van der Waals surface area contributed by atoms with E-state index in [-0.39, 0.29) is 16.8 Å². The van der Waals surface area contributed by atoms with Crippen molar-refractivity contribution in [1.82, 2.24) is 0 Å². The summed E-state index contributed by atoms with van der Waals surface area (Å²) in [6, 6.07) is 6.13. The van der Waals surface area contributed by atoms with Gasteiger partial charge in [0.1, 0.15) is 5.75 Å². The minimum atomic E-state index is -0.629. The number of carbonyl (C=O) groups is 2. The van der Waals surface area contributed by atoms with Gasteiger partial charge in [0.05, 0.1) is 23.9 Å². The van der Waals surface area contributed by atoms with Gasteiger partial charge in [-0.05, 0) is 31.2 Å². The number of rotatable bonds is 1. The van der Waals surface area contributed by atoms with Gasteiger partial charge in [0.2, 0.25) is 0 Å². The SMILES string of the molecule is COC(=O)c1cc(Cl)c(C)c2c1NC(=O)c1cc(Cl)ccc1O2. The summed E-state index contributed by atoms with van der Waals surface area (Å²) >= 11 is 12.1.